The summed E-state index contributed by atoms with van der Waals surface area (Å²) in [7, 11) is 0. The summed E-state index contributed by atoms with van der Waals surface area (Å²) >= 11 is 1.84. The summed E-state index contributed by atoms with van der Waals surface area (Å²) in [5.41, 5.74) is 1.60. The lowest BCUT2D eigenvalue weighted by Gasteiger charge is -2.31. The van der Waals surface area contributed by atoms with Crippen LogP contribution < -0.4 is 5.32 Å². The van der Waals surface area contributed by atoms with E-state index in [4.69, 9.17) is 0 Å². The first kappa shape index (κ1) is 15.1. The zero-order chi connectivity index (χ0) is 14.7. The van der Waals surface area contributed by atoms with Gasteiger partial charge in [0.05, 0.1) is 5.69 Å². The molecule has 20 heavy (non-hydrogen) atoms. The Bertz CT molecular complexity index is 507. The van der Waals surface area contributed by atoms with E-state index in [2.05, 4.69) is 21.8 Å². The van der Waals surface area contributed by atoms with Crippen LogP contribution in [0.4, 0.5) is 5.82 Å². The van der Waals surface area contributed by atoms with Crippen molar-refractivity contribution >= 4 is 23.5 Å². The average Bonchev–Trinajstić information content (AvgIpc) is 2.43. The zero-order valence-corrected chi connectivity index (χ0v) is 13.0. The quantitative estimate of drug-likeness (QED) is 0.889. The highest BCUT2D eigenvalue weighted by atomic mass is 32.2. The second-order valence-corrected chi connectivity index (χ2v) is 6.33. The number of carboxylic acid groups (broad SMARTS) is 1. The van der Waals surface area contributed by atoms with Crippen LogP contribution >= 0.6 is 11.8 Å². The SMILES string of the molecule is CSC1CCCCC1Nc1nnc(C)c(C)c1C(=O)O. The molecule has 1 aliphatic carbocycles. The van der Waals surface area contributed by atoms with Crippen LogP contribution in [0.1, 0.15) is 47.3 Å². The molecule has 5 nitrogen and oxygen atoms in total. The maximum absolute atomic E-state index is 11.5. The molecule has 1 aromatic heterocycles. The average molecular weight is 295 g/mol. The lowest BCUT2D eigenvalue weighted by molar-refractivity contribution is 0.0696. The fraction of sp³-hybridized carbons (Fsp3) is 0.643. The van der Waals surface area contributed by atoms with Crippen LogP contribution in [0.2, 0.25) is 0 Å². The zero-order valence-electron chi connectivity index (χ0n) is 12.1. The van der Waals surface area contributed by atoms with E-state index >= 15 is 0 Å². The van der Waals surface area contributed by atoms with Crippen LogP contribution in [0.15, 0.2) is 0 Å². The molecule has 2 N–H and O–H groups in total. The first-order valence-electron chi connectivity index (χ1n) is 6.91. The number of hydrogen-bond acceptors (Lipinski definition) is 5. The predicted octanol–water partition coefficient (Wildman–Crippen LogP) is 2.88. The van der Waals surface area contributed by atoms with Crippen molar-refractivity contribution < 1.29 is 9.90 Å². The first-order valence-corrected chi connectivity index (χ1v) is 8.20. The summed E-state index contributed by atoms with van der Waals surface area (Å²) in [4.78, 5) is 11.5. The van der Waals surface area contributed by atoms with E-state index in [1.165, 1.54) is 19.3 Å². The molecular weight excluding hydrogens is 274 g/mol. The van der Waals surface area contributed by atoms with Crippen molar-refractivity contribution in [3.63, 3.8) is 0 Å². The number of rotatable bonds is 4. The molecule has 0 saturated heterocycles. The number of anilines is 1. The molecule has 1 fully saturated rings. The minimum absolute atomic E-state index is 0.253. The maximum atomic E-state index is 11.5. The van der Waals surface area contributed by atoms with Crippen molar-refractivity contribution in [2.45, 2.75) is 50.8 Å². The molecule has 1 aromatic rings. The Kier molecular flexibility index (Phi) is 4.86. The largest absolute Gasteiger partial charge is 0.478 e. The summed E-state index contributed by atoms with van der Waals surface area (Å²) in [6.45, 7) is 3.56. The van der Waals surface area contributed by atoms with Crippen molar-refractivity contribution in [3.8, 4) is 0 Å². The molecule has 0 aliphatic heterocycles. The summed E-state index contributed by atoms with van der Waals surface area (Å²) in [5, 5.41) is 21.4. The molecule has 1 saturated carbocycles. The molecule has 110 valence electrons. The lowest BCUT2D eigenvalue weighted by Crippen LogP contribution is -2.35. The summed E-state index contributed by atoms with van der Waals surface area (Å²) < 4.78 is 0. The molecule has 0 spiro atoms. The van der Waals surface area contributed by atoms with E-state index in [-0.39, 0.29) is 11.6 Å². The van der Waals surface area contributed by atoms with Gasteiger partial charge in [-0.25, -0.2) is 4.79 Å². The third kappa shape index (κ3) is 3.06. The van der Waals surface area contributed by atoms with Gasteiger partial charge in [-0.2, -0.15) is 16.9 Å². The van der Waals surface area contributed by atoms with Gasteiger partial charge in [-0.15, -0.1) is 5.10 Å². The Labute approximate surface area is 123 Å². The number of aromatic carboxylic acids is 1. The summed E-state index contributed by atoms with van der Waals surface area (Å²) in [6.07, 6.45) is 6.75. The van der Waals surface area contributed by atoms with Gasteiger partial charge in [0.2, 0.25) is 0 Å². The van der Waals surface area contributed by atoms with Crippen LogP contribution in [0.25, 0.3) is 0 Å². The second kappa shape index (κ2) is 6.43. The van der Waals surface area contributed by atoms with Crippen molar-refractivity contribution in [2.24, 2.45) is 0 Å². The van der Waals surface area contributed by atoms with Crippen molar-refractivity contribution in [1.29, 1.82) is 0 Å². The van der Waals surface area contributed by atoms with Gasteiger partial charge in [0.15, 0.2) is 5.82 Å². The molecule has 1 aliphatic rings. The number of carboxylic acids is 1. The van der Waals surface area contributed by atoms with Crippen molar-refractivity contribution in [3.05, 3.63) is 16.8 Å². The molecular formula is C14H21N3O2S. The van der Waals surface area contributed by atoms with Gasteiger partial charge in [0, 0.05) is 11.3 Å². The van der Waals surface area contributed by atoms with Crippen molar-refractivity contribution in [2.75, 3.05) is 11.6 Å². The normalized spacial score (nSPS) is 22.6. The Morgan fingerprint density at radius 2 is 2.00 bits per heavy atom. The monoisotopic (exact) mass is 295 g/mol. The highest BCUT2D eigenvalue weighted by molar-refractivity contribution is 7.99. The second-order valence-electron chi connectivity index (χ2n) is 5.25. The number of aromatic nitrogens is 2. The van der Waals surface area contributed by atoms with Crippen LogP contribution in [-0.2, 0) is 0 Å². The Morgan fingerprint density at radius 1 is 1.30 bits per heavy atom. The molecule has 6 heteroatoms. The molecule has 1 heterocycles. The predicted molar refractivity (Wildman–Crippen MR) is 81.6 cm³/mol. The molecule has 2 rings (SSSR count). The molecule has 0 bridgehead atoms. The van der Waals surface area contributed by atoms with Crippen LogP contribution in [0.3, 0.4) is 0 Å². The van der Waals surface area contributed by atoms with Gasteiger partial charge in [0.1, 0.15) is 5.56 Å². The maximum Gasteiger partial charge on any atom is 0.339 e. The number of aryl methyl sites for hydroxylation is 1. The van der Waals surface area contributed by atoms with E-state index < -0.39 is 5.97 Å². The number of carbonyl (C=O) groups is 1. The molecule has 0 amide bonds. The number of nitrogens with zero attached hydrogens (tertiary/aromatic N) is 2. The van der Waals surface area contributed by atoms with Gasteiger partial charge < -0.3 is 10.4 Å². The minimum Gasteiger partial charge on any atom is -0.478 e. The van der Waals surface area contributed by atoms with Gasteiger partial charge >= 0.3 is 5.97 Å². The van der Waals surface area contributed by atoms with Gasteiger partial charge in [-0.1, -0.05) is 12.8 Å². The summed E-state index contributed by atoms with van der Waals surface area (Å²) in [5.74, 6) is -0.536. The number of hydrogen-bond donors (Lipinski definition) is 2. The van der Waals surface area contributed by atoms with E-state index in [0.29, 0.717) is 22.3 Å². The minimum atomic E-state index is -0.945. The third-order valence-electron chi connectivity index (χ3n) is 4.00. The lowest BCUT2D eigenvalue weighted by atomic mass is 9.94. The fourth-order valence-electron chi connectivity index (χ4n) is 2.69. The highest BCUT2D eigenvalue weighted by Gasteiger charge is 2.27. The van der Waals surface area contributed by atoms with Crippen LogP contribution in [-0.4, -0.2) is 38.8 Å². The van der Waals surface area contributed by atoms with Crippen molar-refractivity contribution in [1.82, 2.24) is 10.2 Å². The Balaban J connectivity index is 2.28. The van der Waals surface area contributed by atoms with E-state index in [0.717, 1.165) is 6.42 Å². The summed E-state index contributed by atoms with van der Waals surface area (Å²) in [6, 6.07) is 0.272. The smallest absolute Gasteiger partial charge is 0.339 e. The fourth-order valence-corrected chi connectivity index (χ4v) is 3.63. The standard InChI is InChI=1S/C14H21N3O2S/c1-8-9(2)16-17-13(12(8)14(18)19)15-10-6-4-5-7-11(10)20-3/h10-11H,4-7H2,1-3H3,(H,15,17)(H,18,19). The molecule has 2 unspecified atom stereocenters. The van der Waals surface area contributed by atoms with Gasteiger partial charge in [0.25, 0.3) is 0 Å². The highest BCUT2D eigenvalue weighted by Crippen LogP contribution is 2.30. The Morgan fingerprint density at radius 3 is 2.65 bits per heavy atom. The van der Waals surface area contributed by atoms with Crippen LogP contribution in [0, 0.1) is 13.8 Å². The molecule has 0 radical (unpaired) electrons. The number of nitrogens with one attached hydrogen (secondary N) is 1. The van der Waals surface area contributed by atoms with Crippen LogP contribution in [0.5, 0.6) is 0 Å². The number of thioether (sulfide) groups is 1. The molecule has 2 atom stereocenters. The van der Waals surface area contributed by atoms with E-state index in [9.17, 15) is 9.90 Å². The van der Waals surface area contributed by atoms with Gasteiger partial charge in [-0.05, 0) is 38.5 Å². The Hall–Kier alpha value is -1.30. The topological polar surface area (TPSA) is 75.1 Å². The third-order valence-corrected chi connectivity index (χ3v) is 5.17. The van der Waals surface area contributed by atoms with E-state index in [1.54, 1.807) is 13.8 Å². The van der Waals surface area contributed by atoms with E-state index in [1.807, 2.05) is 11.8 Å². The first-order chi connectivity index (χ1) is 9.54. The molecule has 0 aromatic carbocycles. The van der Waals surface area contributed by atoms with Gasteiger partial charge in [-0.3, -0.25) is 0 Å².